The van der Waals surface area contributed by atoms with Gasteiger partial charge in [-0.05, 0) is 67.4 Å². The predicted octanol–water partition coefficient (Wildman–Crippen LogP) is 6.02. The number of halogens is 1. The molecule has 0 spiro atoms. The van der Waals surface area contributed by atoms with Crippen LogP contribution < -0.4 is 9.47 Å². The largest absolute Gasteiger partial charge is 0.490 e. The van der Waals surface area contributed by atoms with Crippen molar-refractivity contribution in [2.45, 2.75) is 39.8 Å². The molecule has 1 saturated heterocycles. The van der Waals surface area contributed by atoms with Crippen LogP contribution in [-0.2, 0) is 11.3 Å². The van der Waals surface area contributed by atoms with E-state index in [1.54, 1.807) is 42.5 Å². The standard InChI is InChI=1S/C24H23ClN2O4S/c1-4-15(3)31-22-19(25)10-16(11-20(22)30-5-2)12-21-23(28)27(24(29)32-21)14-18-9-7-6-8-17(18)13-26/h6-12,15H,4-5,14H2,1-3H3/b21-12+/t15-/m0/s1. The molecule has 166 valence electrons. The van der Waals surface area contributed by atoms with Crippen molar-refractivity contribution in [3.63, 3.8) is 0 Å². The lowest BCUT2D eigenvalue weighted by molar-refractivity contribution is -0.123. The van der Waals surface area contributed by atoms with E-state index in [-0.39, 0.29) is 22.8 Å². The smallest absolute Gasteiger partial charge is 0.293 e. The Labute approximate surface area is 196 Å². The van der Waals surface area contributed by atoms with Gasteiger partial charge in [-0.1, -0.05) is 36.7 Å². The molecular formula is C24H23ClN2O4S. The van der Waals surface area contributed by atoms with E-state index in [1.807, 2.05) is 20.8 Å². The molecule has 0 bridgehead atoms. The molecule has 0 saturated carbocycles. The molecule has 1 fully saturated rings. The first kappa shape index (κ1) is 23.7. The van der Waals surface area contributed by atoms with Gasteiger partial charge in [0, 0.05) is 0 Å². The van der Waals surface area contributed by atoms with Gasteiger partial charge in [0.1, 0.15) is 0 Å². The molecule has 8 heteroatoms. The molecule has 2 amide bonds. The lowest BCUT2D eigenvalue weighted by Crippen LogP contribution is -2.27. The van der Waals surface area contributed by atoms with E-state index in [0.29, 0.717) is 39.8 Å². The number of hydrogen-bond acceptors (Lipinski definition) is 6. The molecule has 1 aliphatic heterocycles. The topological polar surface area (TPSA) is 79.6 Å². The van der Waals surface area contributed by atoms with Crippen molar-refractivity contribution in [1.29, 1.82) is 5.26 Å². The summed E-state index contributed by atoms with van der Waals surface area (Å²) in [6.45, 7) is 6.28. The number of imide groups is 1. The number of ether oxygens (including phenoxy) is 2. The first-order chi connectivity index (χ1) is 15.4. The molecule has 0 aliphatic carbocycles. The molecule has 1 atom stereocenters. The Kier molecular flexibility index (Phi) is 7.84. The normalized spacial score (nSPS) is 15.7. The molecule has 2 aromatic rings. The third kappa shape index (κ3) is 5.26. The zero-order chi connectivity index (χ0) is 23.3. The molecule has 2 aromatic carbocycles. The number of nitrogens with zero attached hydrogens (tertiary/aromatic N) is 2. The molecule has 3 rings (SSSR count). The summed E-state index contributed by atoms with van der Waals surface area (Å²) in [6, 6.07) is 12.4. The van der Waals surface area contributed by atoms with E-state index in [9.17, 15) is 14.9 Å². The van der Waals surface area contributed by atoms with Crippen LogP contribution in [0.4, 0.5) is 4.79 Å². The van der Waals surface area contributed by atoms with E-state index in [0.717, 1.165) is 23.1 Å². The highest BCUT2D eigenvalue weighted by molar-refractivity contribution is 8.18. The van der Waals surface area contributed by atoms with Crippen molar-refractivity contribution >= 4 is 40.6 Å². The van der Waals surface area contributed by atoms with Crippen LogP contribution in [0.15, 0.2) is 41.3 Å². The second-order valence-corrected chi connectivity index (χ2v) is 8.54. The van der Waals surface area contributed by atoms with Gasteiger partial charge in [0.25, 0.3) is 11.1 Å². The van der Waals surface area contributed by atoms with Crippen molar-refractivity contribution in [2.75, 3.05) is 6.61 Å². The predicted molar refractivity (Wildman–Crippen MR) is 126 cm³/mol. The van der Waals surface area contributed by atoms with Gasteiger partial charge in [-0.3, -0.25) is 14.5 Å². The molecular weight excluding hydrogens is 448 g/mol. The van der Waals surface area contributed by atoms with E-state index in [1.165, 1.54) is 0 Å². The minimum Gasteiger partial charge on any atom is -0.490 e. The minimum atomic E-state index is -0.415. The third-order valence-electron chi connectivity index (χ3n) is 4.86. The second kappa shape index (κ2) is 10.6. The van der Waals surface area contributed by atoms with Crippen LogP contribution in [0.5, 0.6) is 11.5 Å². The highest BCUT2D eigenvalue weighted by atomic mass is 35.5. The van der Waals surface area contributed by atoms with Gasteiger partial charge in [0.05, 0.1) is 40.8 Å². The summed E-state index contributed by atoms with van der Waals surface area (Å²) in [5, 5.41) is 9.25. The van der Waals surface area contributed by atoms with Gasteiger partial charge in [0.15, 0.2) is 11.5 Å². The van der Waals surface area contributed by atoms with E-state index in [4.69, 9.17) is 21.1 Å². The monoisotopic (exact) mass is 470 g/mol. The van der Waals surface area contributed by atoms with Crippen LogP contribution in [0.25, 0.3) is 6.08 Å². The summed E-state index contributed by atoms with van der Waals surface area (Å²) >= 11 is 7.31. The number of carbonyl (C=O) groups is 2. The highest BCUT2D eigenvalue weighted by Crippen LogP contribution is 2.40. The lowest BCUT2D eigenvalue weighted by Gasteiger charge is -2.18. The van der Waals surface area contributed by atoms with Gasteiger partial charge in [-0.25, -0.2) is 0 Å². The van der Waals surface area contributed by atoms with Crippen molar-refractivity contribution in [2.24, 2.45) is 0 Å². The molecule has 1 aliphatic rings. The number of thioether (sulfide) groups is 1. The van der Waals surface area contributed by atoms with Crippen LogP contribution in [0.1, 0.15) is 43.9 Å². The van der Waals surface area contributed by atoms with Crippen molar-refractivity contribution < 1.29 is 19.1 Å². The van der Waals surface area contributed by atoms with Crippen molar-refractivity contribution in [1.82, 2.24) is 4.90 Å². The minimum absolute atomic E-state index is 0.0367. The Morgan fingerprint density at radius 2 is 2.00 bits per heavy atom. The molecule has 0 N–H and O–H groups in total. The van der Waals surface area contributed by atoms with Crippen LogP contribution >= 0.6 is 23.4 Å². The van der Waals surface area contributed by atoms with Crippen molar-refractivity contribution in [3.05, 3.63) is 63.0 Å². The molecule has 0 radical (unpaired) electrons. The fourth-order valence-electron chi connectivity index (χ4n) is 3.06. The Morgan fingerprint density at radius 1 is 1.25 bits per heavy atom. The number of carbonyl (C=O) groups excluding carboxylic acids is 2. The summed E-state index contributed by atoms with van der Waals surface area (Å²) in [7, 11) is 0. The maximum absolute atomic E-state index is 12.9. The van der Waals surface area contributed by atoms with Gasteiger partial charge >= 0.3 is 0 Å². The Bertz CT molecular complexity index is 1110. The Balaban J connectivity index is 1.89. The average Bonchev–Trinajstić information content (AvgIpc) is 3.03. The molecule has 1 heterocycles. The number of benzene rings is 2. The SMILES string of the molecule is CCOc1cc(/C=C2/SC(=O)N(Cc3ccccc3C#N)C2=O)cc(Cl)c1O[C@@H](C)CC. The van der Waals surface area contributed by atoms with Crippen LogP contribution in [0, 0.1) is 11.3 Å². The van der Waals surface area contributed by atoms with E-state index in [2.05, 4.69) is 6.07 Å². The average molecular weight is 471 g/mol. The summed E-state index contributed by atoms with van der Waals surface area (Å²) < 4.78 is 11.6. The van der Waals surface area contributed by atoms with Gasteiger partial charge in [-0.2, -0.15) is 5.26 Å². The van der Waals surface area contributed by atoms with Crippen LogP contribution in [0.3, 0.4) is 0 Å². The number of amides is 2. The highest BCUT2D eigenvalue weighted by Gasteiger charge is 2.35. The third-order valence-corrected chi connectivity index (χ3v) is 6.05. The van der Waals surface area contributed by atoms with Gasteiger partial charge < -0.3 is 9.47 Å². The van der Waals surface area contributed by atoms with E-state index >= 15 is 0 Å². The zero-order valence-electron chi connectivity index (χ0n) is 18.1. The first-order valence-corrected chi connectivity index (χ1v) is 11.4. The van der Waals surface area contributed by atoms with Crippen LogP contribution in [0.2, 0.25) is 5.02 Å². The summed E-state index contributed by atoms with van der Waals surface area (Å²) in [4.78, 5) is 26.8. The zero-order valence-corrected chi connectivity index (χ0v) is 19.6. The number of nitriles is 1. The molecule has 0 aromatic heterocycles. The first-order valence-electron chi connectivity index (χ1n) is 10.2. The second-order valence-electron chi connectivity index (χ2n) is 7.14. The Hall–Kier alpha value is -2.95. The quantitative estimate of drug-likeness (QED) is 0.438. The fourth-order valence-corrected chi connectivity index (χ4v) is 4.16. The number of hydrogen-bond donors (Lipinski definition) is 0. The maximum Gasteiger partial charge on any atom is 0.293 e. The van der Waals surface area contributed by atoms with Gasteiger partial charge in [-0.15, -0.1) is 0 Å². The summed E-state index contributed by atoms with van der Waals surface area (Å²) in [5.74, 6) is 0.525. The summed E-state index contributed by atoms with van der Waals surface area (Å²) in [6.07, 6.45) is 2.39. The van der Waals surface area contributed by atoms with Gasteiger partial charge in [0.2, 0.25) is 0 Å². The maximum atomic E-state index is 12.9. The van der Waals surface area contributed by atoms with Crippen molar-refractivity contribution in [3.8, 4) is 17.6 Å². The molecule has 32 heavy (non-hydrogen) atoms. The number of rotatable bonds is 8. The van der Waals surface area contributed by atoms with E-state index < -0.39 is 5.91 Å². The summed E-state index contributed by atoms with van der Waals surface area (Å²) in [5.41, 5.74) is 1.67. The Morgan fingerprint density at radius 3 is 2.69 bits per heavy atom. The lowest BCUT2D eigenvalue weighted by atomic mass is 10.1. The molecule has 0 unspecified atom stereocenters. The van der Waals surface area contributed by atoms with Crippen LogP contribution in [-0.4, -0.2) is 28.8 Å². The molecule has 6 nitrogen and oxygen atoms in total. The fraction of sp³-hybridized carbons (Fsp3) is 0.292.